The van der Waals surface area contributed by atoms with Crippen LogP contribution in [-0.2, 0) is 16.1 Å². The van der Waals surface area contributed by atoms with E-state index in [-0.39, 0.29) is 17.7 Å². The van der Waals surface area contributed by atoms with E-state index in [1.165, 1.54) is 5.56 Å². The van der Waals surface area contributed by atoms with Gasteiger partial charge >= 0.3 is 0 Å². The molecule has 1 aromatic rings. The lowest BCUT2D eigenvalue weighted by atomic mass is 9.80. The molecule has 25 heavy (non-hydrogen) atoms. The Labute approximate surface area is 151 Å². The van der Waals surface area contributed by atoms with Gasteiger partial charge in [-0.05, 0) is 51.0 Å². The van der Waals surface area contributed by atoms with E-state index in [1.54, 1.807) is 0 Å². The minimum Gasteiger partial charge on any atom is -0.342 e. The van der Waals surface area contributed by atoms with Crippen LogP contribution in [0.4, 0.5) is 0 Å². The van der Waals surface area contributed by atoms with Crippen LogP contribution in [0.25, 0.3) is 0 Å². The Morgan fingerprint density at radius 2 is 1.60 bits per heavy atom. The average molecular weight is 342 g/mol. The SMILES string of the molecule is CCN(Cc1ccccc1)C(=O)C1CCC(C(=O)N2CCCC2)CC1. The maximum atomic E-state index is 12.9. The Bertz CT molecular complexity index is 573. The van der Waals surface area contributed by atoms with Gasteiger partial charge in [0.05, 0.1) is 0 Å². The molecule has 0 spiro atoms. The molecule has 1 aliphatic heterocycles. The molecule has 0 atom stereocenters. The van der Waals surface area contributed by atoms with Crippen molar-refractivity contribution in [2.75, 3.05) is 19.6 Å². The Balaban J connectivity index is 1.52. The van der Waals surface area contributed by atoms with Crippen LogP contribution in [0.1, 0.15) is 51.0 Å². The van der Waals surface area contributed by atoms with Crippen LogP contribution in [0.15, 0.2) is 30.3 Å². The highest BCUT2D eigenvalue weighted by Crippen LogP contribution is 2.32. The average Bonchev–Trinajstić information content (AvgIpc) is 3.21. The standard InChI is InChI=1S/C21H30N2O2/c1-2-22(16-17-8-4-3-5-9-17)20(24)18-10-12-19(13-11-18)21(25)23-14-6-7-15-23/h3-5,8-9,18-19H,2,6-7,10-16H2,1H3. The van der Waals surface area contributed by atoms with Gasteiger partial charge in [0.1, 0.15) is 0 Å². The van der Waals surface area contributed by atoms with Crippen LogP contribution < -0.4 is 0 Å². The van der Waals surface area contributed by atoms with Gasteiger partial charge in [0.25, 0.3) is 0 Å². The van der Waals surface area contributed by atoms with E-state index < -0.39 is 0 Å². The quantitative estimate of drug-likeness (QED) is 0.822. The van der Waals surface area contributed by atoms with Crippen molar-refractivity contribution in [2.45, 2.75) is 52.0 Å². The van der Waals surface area contributed by atoms with E-state index in [9.17, 15) is 9.59 Å². The molecule has 1 saturated carbocycles. The first kappa shape index (κ1) is 18.0. The zero-order valence-electron chi connectivity index (χ0n) is 15.3. The van der Waals surface area contributed by atoms with E-state index in [1.807, 2.05) is 34.9 Å². The van der Waals surface area contributed by atoms with E-state index in [0.29, 0.717) is 12.5 Å². The Hall–Kier alpha value is -1.84. The summed E-state index contributed by atoms with van der Waals surface area (Å²) >= 11 is 0. The summed E-state index contributed by atoms with van der Waals surface area (Å²) in [6.07, 6.45) is 5.74. The smallest absolute Gasteiger partial charge is 0.225 e. The van der Waals surface area contributed by atoms with Crippen LogP contribution in [-0.4, -0.2) is 41.2 Å². The highest BCUT2D eigenvalue weighted by molar-refractivity contribution is 5.81. The predicted octanol–water partition coefficient (Wildman–Crippen LogP) is 3.46. The minimum absolute atomic E-state index is 0.0892. The van der Waals surface area contributed by atoms with Crippen LogP contribution >= 0.6 is 0 Å². The molecule has 0 unspecified atom stereocenters. The van der Waals surface area contributed by atoms with Crippen molar-refractivity contribution >= 4 is 11.8 Å². The molecule has 136 valence electrons. The lowest BCUT2D eigenvalue weighted by molar-refractivity contribution is -0.141. The fraction of sp³-hybridized carbons (Fsp3) is 0.619. The molecular formula is C21H30N2O2. The number of benzene rings is 1. The van der Waals surface area contributed by atoms with E-state index in [0.717, 1.165) is 58.2 Å². The van der Waals surface area contributed by atoms with E-state index >= 15 is 0 Å². The molecule has 1 saturated heterocycles. The fourth-order valence-electron chi connectivity index (χ4n) is 4.19. The molecule has 0 aromatic heterocycles. The van der Waals surface area contributed by atoms with Crippen molar-refractivity contribution in [3.63, 3.8) is 0 Å². The van der Waals surface area contributed by atoms with Crippen LogP contribution in [0.5, 0.6) is 0 Å². The van der Waals surface area contributed by atoms with E-state index in [2.05, 4.69) is 12.1 Å². The van der Waals surface area contributed by atoms with Crippen LogP contribution in [0.3, 0.4) is 0 Å². The number of amides is 2. The lowest BCUT2D eigenvalue weighted by Crippen LogP contribution is -2.40. The molecule has 1 heterocycles. The van der Waals surface area contributed by atoms with Crippen LogP contribution in [0, 0.1) is 11.8 Å². The Morgan fingerprint density at radius 3 is 2.20 bits per heavy atom. The zero-order valence-corrected chi connectivity index (χ0v) is 15.3. The second kappa shape index (κ2) is 8.50. The Morgan fingerprint density at radius 1 is 1.00 bits per heavy atom. The van der Waals surface area contributed by atoms with Gasteiger partial charge in [0.15, 0.2) is 0 Å². The van der Waals surface area contributed by atoms with Gasteiger partial charge in [-0.15, -0.1) is 0 Å². The second-order valence-electron chi connectivity index (χ2n) is 7.42. The predicted molar refractivity (Wildman–Crippen MR) is 98.8 cm³/mol. The third kappa shape index (κ3) is 4.42. The third-order valence-electron chi connectivity index (χ3n) is 5.75. The van der Waals surface area contributed by atoms with Crippen molar-refractivity contribution in [1.82, 2.24) is 9.80 Å². The lowest BCUT2D eigenvalue weighted by Gasteiger charge is -2.32. The first-order valence-corrected chi connectivity index (χ1v) is 9.80. The fourth-order valence-corrected chi connectivity index (χ4v) is 4.19. The molecule has 3 rings (SSSR count). The summed E-state index contributed by atoms with van der Waals surface area (Å²) in [6, 6.07) is 10.2. The molecule has 0 radical (unpaired) electrons. The summed E-state index contributed by atoms with van der Waals surface area (Å²) in [5.74, 6) is 0.830. The maximum absolute atomic E-state index is 12.9. The van der Waals surface area contributed by atoms with Gasteiger partial charge in [-0.3, -0.25) is 9.59 Å². The molecule has 2 amide bonds. The summed E-state index contributed by atoms with van der Waals surface area (Å²) in [5.41, 5.74) is 1.18. The number of nitrogens with zero attached hydrogens (tertiary/aromatic N) is 2. The molecule has 1 aliphatic carbocycles. The summed E-state index contributed by atoms with van der Waals surface area (Å²) in [5, 5.41) is 0. The zero-order chi connectivity index (χ0) is 17.6. The van der Waals surface area contributed by atoms with Gasteiger partial charge in [0, 0.05) is 38.0 Å². The number of carbonyl (C=O) groups excluding carboxylic acids is 2. The monoisotopic (exact) mass is 342 g/mol. The normalized spacial score (nSPS) is 23.5. The van der Waals surface area contributed by atoms with Gasteiger partial charge in [-0.2, -0.15) is 0 Å². The van der Waals surface area contributed by atoms with E-state index in [4.69, 9.17) is 0 Å². The van der Waals surface area contributed by atoms with Gasteiger partial charge < -0.3 is 9.80 Å². The maximum Gasteiger partial charge on any atom is 0.225 e. The molecule has 4 heteroatoms. The largest absolute Gasteiger partial charge is 0.342 e. The van der Waals surface area contributed by atoms with Crippen molar-refractivity contribution in [1.29, 1.82) is 0 Å². The topological polar surface area (TPSA) is 40.6 Å². The van der Waals surface area contributed by atoms with Crippen molar-refractivity contribution in [3.8, 4) is 0 Å². The number of likely N-dealkylation sites (tertiary alicyclic amines) is 1. The molecule has 0 bridgehead atoms. The Kier molecular flexibility index (Phi) is 6.11. The number of rotatable bonds is 5. The highest BCUT2D eigenvalue weighted by atomic mass is 16.2. The molecule has 1 aromatic carbocycles. The molecular weight excluding hydrogens is 312 g/mol. The highest BCUT2D eigenvalue weighted by Gasteiger charge is 2.34. The van der Waals surface area contributed by atoms with Crippen LogP contribution in [0.2, 0.25) is 0 Å². The summed E-state index contributed by atoms with van der Waals surface area (Å²) in [7, 11) is 0. The summed E-state index contributed by atoms with van der Waals surface area (Å²) in [4.78, 5) is 29.4. The first-order chi connectivity index (χ1) is 12.2. The van der Waals surface area contributed by atoms with Gasteiger partial charge in [-0.1, -0.05) is 30.3 Å². The number of hydrogen-bond acceptors (Lipinski definition) is 2. The number of carbonyl (C=O) groups is 2. The molecule has 2 fully saturated rings. The first-order valence-electron chi connectivity index (χ1n) is 9.80. The summed E-state index contributed by atoms with van der Waals surface area (Å²) in [6.45, 7) is 5.32. The third-order valence-corrected chi connectivity index (χ3v) is 5.75. The number of hydrogen-bond donors (Lipinski definition) is 0. The second-order valence-corrected chi connectivity index (χ2v) is 7.42. The molecule has 0 N–H and O–H groups in total. The van der Waals surface area contributed by atoms with Crippen molar-refractivity contribution in [2.24, 2.45) is 11.8 Å². The molecule has 2 aliphatic rings. The molecule has 4 nitrogen and oxygen atoms in total. The summed E-state index contributed by atoms with van der Waals surface area (Å²) < 4.78 is 0. The van der Waals surface area contributed by atoms with Gasteiger partial charge in [0.2, 0.25) is 11.8 Å². The van der Waals surface area contributed by atoms with Crippen molar-refractivity contribution in [3.05, 3.63) is 35.9 Å². The van der Waals surface area contributed by atoms with Crippen molar-refractivity contribution < 1.29 is 9.59 Å². The van der Waals surface area contributed by atoms with Gasteiger partial charge in [-0.25, -0.2) is 0 Å². The minimum atomic E-state index is 0.0892.